The summed E-state index contributed by atoms with van der Waals surface area (Å²) in [5, 5.41) is 0.842. The lowest BCUT2D eigenvalue weighted by atomic mass is 10.3. The summed E-state index contributed by atoms with van der Waals surface area (Å²) in [6, 6.07) is 0. The average Bonchev–Trinajstić information content (AvgIpc) is 2.35. The first-order chi connectivity index (χ1) is 8.66. The molecule has 18 heavy (non-hydrogen) atoms. The van der Waals surface area contributed by atoms with Crippen molar-refractivity contribution in [3.8, 4) is 0 Å². The smallest absolute Gasteiger partial charge is 0.371 e. The van der Waals surface area contributed by atoms with Gasteiger partial charge in [-0.2, -0.15) is 0 Å². The first-order valence-electron chi connectivity index (χ1n) is 6.30. The van der Waals surface area contributed by atoms with Crippen LogP contribution in [0.4, 0.5) is 0 Å². The van der Waals surface area contributed by atoms with Gasteiger partial charge in [0.25, 0.3) is 0 Å². The lowest BCUT2D eigenvalue weighted by molar-refractivity contribution is 0.0799. The number of allylic oxidation sites excluding steroid dienone is 1. The van der Waals surface area contributed by atoms with Crippen molar-refractivity contribution in [2.45, 2.75) is 33.6 Å². The van der Waals surface area contributed by atoms with Gasteiger partial charge in [-0.3, -0.25) is 0 Å². The van der Waals surface area contributed by atoms with E-state index in [1.165, 1.54) is 6.08 Å². The fourth-order valence-electron chi connectivity index (χ4n) is 1.57. The van der Waals surface area contributed by atoms with Crippen molar-refractivity contribution in [2.24, 2.45) is 4.99 Å². The number of aliphatic imine (C=N–C) groups is 1. The highest BCUT2D eigenvalue weighted by molar-refractivity contribution is 6.68. The summed E-state index contributed by atoms with van der Waals surface area (Å²) < 4.78 is 17.1. The zero-order valence-corrected chi connectivity index (χ0v) is 12.5. The molecule has 0 aromatic heterocycles. The fourth-order valence-corrected chi connectivity index (χ4v) is 4.06. The van der Waals surface area contributed by atoms with E-state index in [2.05, 4.69) is 11.6 Å². The Morgan fingerprint density at radius 2 is 1.67 bits per heavy atom. The number of carbonyl (C=O) groups excluding carboxylic acids is 1. The SMILES string of the molecule is C=C(CCCN=C=O)[Si](OCC)(OCC)OCC. The molecule has 0 aromatic carbocycles. The third-order valence-corrected chi connectivity index (χ3v) is 5.37. The zero-order valence-electron chi connectivity index (χ0n) is 11.5. The second kappa shape index (κ2) is 10.2. The molecule has 104 valence electrons. The number of rotatable bonds is 11. The van der Waals surface area contributed by atoms with Crippen molar-refractivity contribution in [2.75, 3.05) is 26.4 Å². The predicted molar refractivity (Wildman–Crippen MR) is 72.0 cm³/mol. The molecule has 0 rings (SSSR count). The predicted octanol–water partition coefficient (Wildman–Crippen LogP) is 2.25. The van der Waals surface area contributed by atoms with E-state index in [-0.39, 0.29) is 0 Å². The maximum atomic E-state index is 9.97. The molecule has 6 heteroatoms. The Labute approximate surface area is 110 Å². The average molecular weight is 273 g/mol. The minimum absolute atomic E-state index is 0.442. The van der Waals surface area contributed by atoms with E-state index in [1.807, 2.05) is 20.8 Å². The van der Waals surface area contributed by atoms with Gasteiger partial charge in [0, 0.05) is 19.8 Å². The molecule has 0 atom stereocenters. The van der Waals surface area contributed by atoms with Crippen LogP contribution >= 0.6 is 0 Å². The molecule has 0 radical (unpaired) electrons. The lowest BCUT2D eigenvalue weighted by Gasteiger charge is -2.30. The monoisotopic (exact) mass is 273 g/mol. The van der Waals surface area contributed by atoms with Gasteiger partial charge < -0.3 is 13.3 Å². The van der Waals surface area contributed by atoms with Crippen molar-refractivity contribution < 1.29 is 18.1 Å². The molecule has 0 amide bonds. The molecule has 5 nitrogen and oxygen atoms in total. The molecule has 0 saturated carbocycles. The fraction of sp³-hybridized carbons (Fsp3) is 0.750. The molecular formula is C12H23NO4Si. The largest absolute Gasteiger partial charge is 0.532 e. The van der Waals surface area contributed by atoms with E-state index in [4.69, 9.17) is 13.3 Å². The first kappa shape index (κ1) is 17.2. The third kappa shape index (κ3) is 5.71. The van der Waals surface area contributed by atoms with E-state index in [0.717, 1.165) is 11.6 Å². The van der Waals surface area contributed by atoms with E-state index in [9.17, 15) is 4.79 Å². The van der Waals surface area contributed by atoms with Crippen LogP contribution in [0.5, 0.6) is 0 Å². The van der Waals surface area contributed by atoms with Crippen LogP contribution < -0.4 is 0 Å². The molecular weight excluding hydrogens is 250 g/mol. The van der Waals surface area contributed by atoms with Crippen LogP contribution in [0.1, 0.15) is 33.6 Å². The zero-order chi connectivity index (χ0) is 13.9. The van der Waals surface area contributed by atoms with Crippen molar-refractivity contribution >= 4 is 14.9 Å². The van der Waals surface area contributed by atoms with Crippen molar-refractivity contribution in [3.63, 3.8) is 0 Å². The van der Waals surface area contributed by atoms with Gasteiger partial charge in [-0.1, -0.05) is 6.58 Å². The minimum Gasteiger partial charge on any atom is -0.371 e. The Morgan fingerprint density at radius 3 is 2.06 bits per heavy atom. The normalized spacial score (nSPS) is 11.1. The number of isocyanates is 1. The van der Waals surface area contributed by atoms with E-state index >= 15 is 0 Å². The lowest BCUT2D eigenvalue weighted by Crippen LogP contribution is -2.48. The number of hydrogen-bond acceptors (Lipinski definition) is 5. The molecule has 0 aliphatic rings. The van der Waals surface area contributed by atoms with Gasteiger partial charge in [-0.05, 0) is 38.8 Å². The first-order valence-corrected chi connectivity index (χ1v) is 8.03. The van der Waals surface area contributed by atoms with Crippen LogP contribution in [0.2, 0.25) is 0 Å². The highest BCUT2D eigenvalue weighted by Gasteiger charge is 2.43. The van der Waals surface area contributed by atoms with Gasteiger partial charge in [0.2, 0.25) is 6.08 Å². The molecule has 0 unspecified atom stereocenters. The minimum atomic E-state index is -2.79. The summed E-state index contributed by atoms with van der Waals surface area (Å²) in [5.41, 5.74) is 0. The summed E-state index contributed by atoms with van der Waals surface area (Å²) >= 11 is 0. The van der Waals surface area contributed by atoms with Crippen LogP contribution in [-0.2, 0) is 18.1 Å². The van der Waals surface area contributed by atoms with E-state index in [0.29, 0.717) is 32.8 Å². The van der Waals surface area contributed by atoms with Gasteiger partial charge in [-0.15, -0.1) is 0 Å². The molecule has 0 fully saturated rings. The standard InChI is InChI=1S/C12H23NO4Si/c1-5-15-18(16-6-2,17-7-3)12(4)9-8-10-13-11-14/h4-10H2,1-3H3. The van der Waals surface area contributed by atoms with Gasteiger partial charge in [0.05, 0.1) is 6.54 Å². The third-order valence-electron chi connectivity index (χ3n) is 2.25. The second-order valence-electron chi connectivity index (χ2n) is 3.54. The summed E-state index contributed by atoms with van der Waals surface area (Å²) in [7, 11) is -2.79. The second-order valence-corrected chi connectivity index (χ2v) is 6.22. The molecule has 0 bridgehead atoms. The molecule has 0 heterocycles. The van der Waals surface area contributed by atoms with Crippen LogP contribution in [0.15, 0.2) is 16.8 Å². The molecule has 0 saturated heterocycles. The highest BCUT2D eigenvalue weighted by atomic mass is 28.4. The summed E-state index contributed by atoms with van der Waals surface area (Å²) in [6.07, 6.45) is 2.91. The van der Waals surface area contributed by atoms with Crippen molar-refractivity contribution in [1.82, 2.24) is 0 Å². The highest BCUT2D eigenvalue weighted by Crippen LogP contribution is 2.22. The van der Waals surface area contributed by atoms with Gasteiger partial charge in [0.1, 0.15) is 0 Å². The Bertz CT molecular complexity index is 273. The maximum Gasteiger partial charge on any atom is 0.532 e. The van der Waals surface area contributed by atoms with Crippen molar-refractivity contribution in [3.05, 3.63) is 11.8 Å². The van der Waals surface area contributed by atoms with Crippen LogP contribution in [0, 0.1) is 0 Å². The van der Waals surface area contributed by atoms with Crippen LogP contribution in [0.25, 0.3) is 0 Å². The van der Waals surface area contributed by atoms with Gasteiger partial charge >= 0.3 is 8.80 Å². The van der Waals surface area contributed by atoms with Gasteiger partial charge in [-0.25, -0.2) is 9.79 Å². The summed E-state index contributed by atoms with van der Waals surface area (Å²) in [5.74, 6) is 0. The summed E-state index contributed by atoms with van der Waals surface area (Å²) in [6.45, 7) is 11.8. The Hall–Kier alpha value is -0.783. The Balaban J connectivity index is 4.58. The molecule has 0 aromatic rings. The quantitative estimate of drug-likeness (QED) is 0.251. The number of nitrogens with zero attached hydrogens (tertiary/aromatic N) is 1. The number of hydrogen-bond donors (Lipinski definition) is 0. The maximum absolute atomic E-state index is 9.97. The van der Waals surface area contributed by atoms with Crippen molar-refractivity contribution in [1.29, 1.82) is 0 Å². The summed E-state index contributed by atoms with van der Waals surface area (Å²) in [4.78, 5) is 13.5. The molecule has 0 N–H and O–H groups in total. The molecule has 0 aliphatic heterocycles. The Kier molecular flexibility index (Phi) is 9.73. The van der Waals surface area contributed by atoms with Gasteiger partial charge in [0.15, 0.2) is 0 Å². The van der Waals surface area contributed by atoms with E-state index < -0.39 is 8.80 Å². The van der Waals surface area contributed by atoms with E-state index in [1.54, 1.807) is 0 Å². The Morgan fingerprint density at radius 1 is 1.17 bits per heavy atom. The topological polar surface area (TPSA) is 57.1 Å². The van der Waals surface area contributed by atoms with Crippen LogP contribution in [0.3, 0.4) is 0 Å². The molecule has 0 aliphatic carbocycles. The van der Waals surface area contributed by atoms with Crippen LogP contribution in [-0.4, -0.2) is 41.2 Å². The molecule has 0 spiro atoms.